The van der Waals surface area contributed by atoms with Crippen LogP contribution >= 0.6 is 0 Å². The fraction of sp³-hybridized carbons (Fsp3) is 0.350. The van der Waals surface area contributed by atoms with Gasteiger partial charge in [0.1, 0.15) is 5.82 Å². The van der Waals surface area contributed by atoms with Gasteiger partial charge >= 0.3 is 0 Å². The zero-order valence-corrected chi connectivity index (χ0v) is 14.2. The van der Waals surface area contributed by atoms with Crippen LogP contribution in [-0.4, -0.2) is 11.5 Å². The molecule has 0 aliphatic rings. The number of unbranched alkanes of at least 4 members (excludes halogenated alkanes) is 1. The highest BCUT2D eigenvalue weighted by molar-refractivity contribution is 5.64. The van der Waals surface area contributed by atoms with Gasteiger partial charge in [-0.05, 0) is 44.9 Å². The maximum atomic E-state index is 4.92. The molecular formula is C20H26N2. The summed E-state index contributed by atoms with van der Waals surface area (Å²) >= 11 is 0. The lowest BCUT2D eigenvalue weighted by atomic mass is 10.1. The minimum Gasteiger partial charge on any atom is -0.331 e. The molecule has 0 spiro atoms. The normalized spacial score (nSPS) is 10.5. The summed E-state index contributed by atoms with van der Waals surface area (Å²) in [6.07, 6.45) is 2.31. The van der Waals surface area contributed by atoms with Crippen LogP contribution in [0, 0.1) is 13.8 Å². The van der Waals surface area contributed by atoms with Gasteiger partial charge in [-0.25, -0.2) is 4.98 Å². The third kappa shape index (κ3) is 3.76. The molecule has 2 nitrogen and oxygen atoms in total. The lowest BCUT2D eigenvalue weighted by Crippen LogP contribution is -2.23. The molecule has 0 aliphatic heterocycles. The van der Waals surface area contributed by atoms with Crippen LogP contribution in [0.15, 0.2) is 48.7 Å². The van der Waals surface area contributed by atoms with Crippen LogP contribution in [0.25, 0.3) is 11.3 Å². The van der Waals surface area contributed by atoms with Crippen LogP contribution in [0.3, 0.4) is 0 Å². The Morgan fingerprint density at radius 2 is 1.95 bits per heavy atom. The van der Waals surface area contributed by atoms with Crippen molar-refractivity contribution in [1.29, 1.82) is 0 Å². The topological polar surface area (TPSA) is 16.1 Å². The Balaban J connectivity index is 2.43. The van der Waals surface area contributed by atoms with Gasteiger partial charge in [-0.2, -0.15) is 0 Å². The highest BCUT2D eigenvalue weighted by atomic mass is 15.2. The first-order chi connectivity index (χ1) is 10.5. The highest BCUT2D eigenvalue weighted by Gasteiger charge is 2.13. The molecule has 0 N–H and O–H groups in total. The van der Waals surface area contributed by atoms with E-state index in [4.69, 9.17) is 4.98 Å². The lowest BCUT2D eigenvalue weighted by molar-refractivity contribution is 0.758. The van der Waals surface area contributed by atoms with Crippen molar-refractivity contribution >= 4 is 5.82 Å². The van der Waals surface area contributed by atoms with Crippen LogP contribution in [-0.2, 0) is 0 Å². The SMILES string of the molecule is C=C(C)N(CCCC)c1nc(-c2cccc(C)c2)ccc1C. The van der Waals surface area contributed by atoms with Gasteiger partial charge in [0.15, 0.2) is 0 Å². The summed E-state index contributed by atoms with van der Waals surface area (Å²) in [6.45, 7) is 13.6. The Bertz CT molecular complexity index is 659. The molecule has 2 aromatic rings. The number of hydrogen-bond acceptors (Lipinski definition) is 2. The van der Waals surface area contributed by atoms with Crippen molar-refractivity contribution in [3.8, 4) is 11.3 Å². The van der Waals surface area contributed by atoms with E-state index in [2.05, 4.69) is 75.6 Å². The first kappa shape index (κ1) is 16.3. The summed E-state index contributed by atoms with van der Waals surface area (Å²) < 4.78 is 0. The van der Waals surface area contributed by atoms with Gasteiger partial charge in [0.2, 0.25) is 0 Å². The first-order valence-electron chi connectivity index (χ1n) is 8.00. The van der Waals surface area contributed by atoms with Crippen molar-refractivity contribution < 1.29 is 0 Å². The molecule has 1 aromatic carbocycles. The van der Waals surface area contributed by atoms with E-state index in [1.807, 2.05) is 0 Å². The van der Waals surface area contributed by atoms with Crippen molar-refractivity contribution in [3.63, 3.8) is 0 Å². The number of allylic oxidation sites excluding steroid dienone is 1. The van der Waals surface area contributed by atoms with Gasteiger partial charge in [0, 0.05) is 17.8 Å². The van der Waals surface area contributed by atoms with E-state index in [0.717, 1.165) is 30.2 Å². The molecule has 1 heterocycles. The second-order valence-corrected chi connectivity index (χ2v) is 5.95. The Morgan fingerprint density at radius 3 is 2.59 bits per heavy atom. The summed E-state index contributed by atoms with van der Waals surface area (Å²) in [7, 11) is 0. The van der Waals surface area contributed by atoms with Crippen LogP contribution < -0.4 is 4.90 Å². The number of nitrogens with zero attached hydrogens (tertiary/aromatic N) is 2. The van der Waals surface area contributed by atoms with Crippen LogP contribution in [0.2, 0.25) is 0 Å². The van der Waals surface area contributed by atoms with Crippen molar-refractivity contribution in [2.24, 2.45) is 0 Å². The molecule has 2 heteroatoms. The number of aryl methyl sites for hydroxylation is 2. The molecule has 1 aromatic heterocycles. The fourth-order valence-corrected chi connectivity index (χ4v) is 2.55. The van der Waals surface area contributed by atoms with E-state index in [0.29, 0.717) is 0 Å². The molecule has 0 radical (unpaired) electrons. The molecule has 116 valence electrons. The number of anilines is 1. The van der Waals surface area contributed by atoms with Crippen LogP contribution in [0.4, 0.5) is 5.82 Å². The first-order valence-corrected chi connectivity index (χ1v) is 8.00. The third-order valence-corrected chi connectivity index (χ3v) is 3.84. The molecular weight excluding hydrogens is 268 g/mol. The minimum atomic E-state index is 0.969. The molecule has 22 heavy (non-hydrogen) atoms. The predicted octanol–water partition coefficient (Wildman–Crippen LogP) is 5.51. The van der Waals surface area contributed by atoms with Crippen LogP contribution in [0.5, 0.6) is 0 Å². The standard InChI is InChI=1S/C20H26N2/c1-6-7-13-22(15(2)3)20-17(5)11-12-19(21-20)18-10-8-9-16(4)14-18/h8-12,14H,2,6-7,13H2,1,3-5H3. The average molecular weight is 294 g/mol. The molecule has 0 saturated carbocycles. The number of rotatable bonds is 6. The fourth-order valence-electron chi connectivity index (χ4n) is 2.55. The smallest absolute Gasteiger partial charge is 0.136 e. The summed E-state index contributed by atoms with van der Waals surface area (Å²) in [5.74, 6) is 1.03. The summed E-state index contributed by atoms with van der Waals surface area (Å²) in [6, 6.07) is 12.7. The van der Waals surface area contributed by atoms with Gasteiger partial charge in [-0.1, -0.05) is 49.8 Å². The highest BCUT2D eigenvalue weighted by Crippen LogP contribution is 2.26. The predicted molar refractivity (Wildman–Crippen MR) is 96.2 cm³/mol. The monoisotopic (exact) mass is 294 g/mol. The molecule has 0 atom stereocenters. The molecule has 0 bridgehead atoms. The van der Waals surface area contributed by atoms with E-state index >= 15 is 0 Å². The van der Waals surface area contributed by atoms with Gasteiger partial charge in [0.05, 0.1) is 5.69 Å². The van der Waals surface area contributed by atoms with E-state index < -0.39 is 0 Å². The van der Waals surface area contributed by atoms with E-state index in [9.17, 15) is 0 Å². The summed E-state index contributed by atoms with van der Waals surface area (Å²) in [5.41, 5.74) is 5.68. The Hall–Kier alpha value is -2.09. The Labute approximate surface area is 134 Å². The van der Waals surface area contributed by atoms with E-state index in [1.54, 1.807) is 0 Å². The number of hydrogen-bond donors (Lipinski definition) is 0. The zero-order valence-electron chi connectivity index (χ0n) is 14.2. The van der Waals surface area contributed by atoms with Gasteiger partial charge in [0.25, 0.3) is 0 Å². The van der Waals surface area contributed by atoms with Gasteiger partial charge in [-0.3, -0.25) is 0 Å². The maximum Gasteiger partial charge on any atom is 0.136 e. The Kier molecular flexibility index (Phi) is 5.37. The molecule has 0 amide bonds. The second kappa shape index (κ2) is 7.26. The number of aromatic nitrogens is 1. The van der Waals surface area contributed by atoms with Crippen molar-refractivity contribution in [3.05, 3.63) is 59.8 Å². The molecule has 0 unspecified atom stereocenters. The number of benzene rings is 1. The summed E-state index contributed by atoms with van der Waals surface area (Å²) in [4.78, 5) is 7.16. The molecule has 0 saturated heterocycles. The lowest BCUT2D eigenvalue weighted by Gasteiger charge is -2.25. The largest absolute Gasteiger partial charge is 0.331 e. The molecule has 2 rings (SSSR count). The second-order valence-electron chi connectivity index (χ2n) is 5.95. The van der Waals surface area contributed by atoms with Gasteiger partial charge in [-0.15, -0.1) is 0 Å². The Morgan fingerprint density at radius 1 is 1.18 bits per heavy atom. The average Bonchev–Trinajstić information content (AvgIpc) is 2.49. The van der Waals surface area contributed by atoms with Crippen molar-refractivity contribution in [2.45, 2.75) is 40.5 Å². The quantitative estimate of drug-likeness (QED) is 0.698. The molecule has 0 fully saturated rings. The van der Waals surface area contributed by atoms with Crippen LogP contribution in [0.1, 0.15) is 37.8 Å². The van der Waals surface area contributed by atoms with Gasteiger partial charge < -0.3 is 4.90 Å². The number of pyridine rings is 1. The molecule has 0 aliphatic carbocycles. The maximum absolute atomic E-state index is 4.92. The minimum absolute atomic E-state index is 0.969. The third-order valence-electron chi connectivity index (χ3n) is 3.84. The summed E-state index contributed by atoms with van der Waals surface area (Å²) in [5, 5.41) is 0. The van der Waals surface area contributed by atoms with Crippen molar-refractivity contribution in [1.82, 2.24) is 4.98 Å². The van der Waals surface area contributed by atoms with E-state index in [-0.39, 0.29) is 0 Å². The van der Waals surface area contributed by atoms with Crippen molar-refractivity contribution in [2.75, 3.05) is 11.4 Å². The zero-order chi connectivity index (χ0) is 16.1. The van der Waals surface area contributed by atoms with E-state index in [1.165, 1.54) is 23.1 Å².